The van der Waals surface area contributed by atoms with Crippen LogP contribution in [0.15, 0.2) is 39.5 Å². The highest BCUT2D eigenvalue weighted by Crippen LogP contribution is 2.50. The van der Waals surface area contributed by atoms with Crippen LogP contribution in [-0.2, 0) is 14.2 Å². The highest BCUT2D eigenvalue weighted by molar-refractivity contribution is 5.95. The highest BCUT2D eigenvalue weighted by Gasteiger charge is 2.48. The van der Waals surface area contributed by atoms with E-state index in [2.05, 4.69) is 0 Å². The quantitative estimate of drug-likeness (QED) is 0.118. The molecule has 0 aliphatic carbocycles. The van der Waals surface area contributed by atoms with Gasteiger partial charge in [-0.1, -0.05) is 0 Å². The van der Waals surface area contributed by atoms with Crippen LogP contribution in [0.1, 0.15) is 0 Å². The molecule has 2 aromatic carbocycles. The Bertz CT molecular complexity index is 1590. The summed E-state index contributed by atoms with van der Waals surface area (Å²) in [5, 5.41) is 82.5. The Balaban J connectivity index is 1.48. The first kappa shape index (κ1) is 34.6. The highest BCUT2D eigenvalue weighted by atomic mass is 16.7. The first-order valence-electron chi connectivity index (χ1n) is 14.3. The molecule has 17 nitrogen and oxygen atoms in total. The largest absolute Gasteiger partial charge is 0.501 e. The molecule has 3 aromatic rings. The van der Waals surface area contributed by atoms with Crippen molar-refractivity contribution in [2.24, 2.45) is 0 Å². The minimum atomic E-state index is -1.93. The number of hydrogen-bond donors (Lipinski definition) is 8. The molecule has 2 saturated heterocycles. The van der Waals surface area contributed by atoms with Gasteiger partial charge in [-0.2, -0.15) is 0 Å². The van der Waals surface area contributed by atoms with Gasteiger partial charge in [0, 0.05) is 11.6 Å². The minimum Gasteiger partial charge on any atom is -0.501 e. The lowest BCUT2D eigenvalue weighted by molar-refractivity contribution is -0.323. The van der Waals surface area contributed by atoms with Crippen LogP contribution < -0.4 is 24.4 Å². The monoisotopic (exact) mass is 668 g/mol. The van der Waals surface area contributed by atoms with E-state index in [0.29, 0.717) is 11.3 Å². The van der Waals surface area contributed by atoms with E-state index in [9.17, 15) is 45.6 Å². The molecule has 2 aliphatic rings. The fourth-order valence-corrected chi connectivity index (χ4v) is 5.35. The molecule has 1 aromatic heterocycles. The molecule has 0 spiro atoms. The summed E-state index contributed by atoms with van der Waals surface area (Å²) >= 11 is 0. The summed E-state index contributed by atoms with van der Waals surface area (Å²) in [6, 6.07) is 7.73. The van der Waals surface area contributed by atoms with Gasteiger partial charge in [-0.05, 0) is 24.3 Å². The number of phenols is 1. The number of phenolic OH excluding ortho intramolecular Hbond substituents is 1. The van der Waals surface area contributed by atoms with Gasteiger partial charge < -0.3 is 78.4 Å². The lowest BCUT2D eigenvalue weighted by Gasteiger charge is -2.42. The van der Waals surface area contributed by atoms with Crippen LogP contribution in [0.2, 0.25) is 0 Å². The van der Waals surface area contributed by atoms with E-state index < -0.39 is 97.3 Å². The zero-order valence-electron chi connectivity index (χ0n) is 25.3. The number of ether oxygens (including phenoxy) is 7. The second-order valence-electron chi connectivity index (χ2n) is 10.8. The van der Waals surface area contributed by atoms with Crippen molar-refractivity contribution in [1.82, 2.24) is 0 Å². The summed E-state index contributed by atoms with van der Waals surface area (Å²) in [5.74, 6) is -1.13. The molecule has 0 unspecified atom stereocenters. The van der Waals surface area contributed by atoms with Gasteiger partial charge in [0.2, 0.25) is 23.5 Å². The van der Waals surface area contributed by atoms with Crippen LogP contribution in [0, 0.1) is 0 Å². The minimum absolute atomic E-state index is 0.0943. The zero-order chi connectivity index (χ0) is 34.2. The number of hydrogen-bond acceptors (Lipinski definition) is 17. The van der Waals surface area contributed by atoms with Gasteiger partial charge in [-0.25, -0.2) is 0 Å². The van der Waals surface area contributed by atoms with Gasteiger partial charge in [-0.3, -0.25) is 4.79 Å². The number of rotatable bonds is 10. The summed E-state index contributed by atoms with van der Waals surface area (Å²) in [4.78, 5) is 13.6. The average molecular weight is 669 g/mol. The van der Waals surface area contributed by atoms with Crippen LogP contribution >= 0.6 is 0 Å². The fraction of sp³-hybridized carbons (Fsp3) is 0.500. The van der Waals surface area contributed by atoms with Crippen LogP contribution in [0.25, 0.3) is 22.3 Å². The summed E-state index contributed by atoms with van der Waals surface area (Å²) in [6.07, 6.45) is -17.0. The van der Waals surface area contributed by atoms with E-state index in [0.717, 1.165) is 13.2 Å². The second-order valence-corrected chi connectivity index (χ2v) is 10.8. The van der Waals surface area contributed by atoms with Crippen molar-refractivity contribution in [3.63, 3.8) is 0 Å². The third kappa shape index (κ3) is 6.42. The summed E-state index contributed by atoms with van der Waals surface area (Å²) in [7, 11) is 3.88. The second kappa shape index (κ2) is 14.2. The van der Waals surface area contributed by atoms with Crippen molar-refractivity contribution in [1.29, 1.82) is 0 Å². The number of aromatic hydroxyl groups is 1. The third-order valence-electron chi connectivity index (χ3n) is 7.98. The first-order chi connectivity index (χ1) is 22.4. The molecule has 0 bridgehead atoms. The van der Waals surface area contributed by atoms with E-state index in [1.54, 1.807) is 24.3 Å². The molecule has 0 radical (unpaired) electrons. The van der Waals surface area contributed by atoms with Gasteiger partial charge in [0.1, 0.15) is 65.7 Å². The molecule has 2 fully saturated rings. The summed E-state index contributed by atoms with van der Waals surface area (Å²) < 4.78 is 44.1. The normalized spacial score (nSPS) is 31.0. The van der Waals surface area contributed by atoms with Crippen molar-refractivity contribution in [3.05, 3.63) is 40.6 Å². The van der Waals surface area contributed by atoms with Crippen molar-refractivity contribution in [2.45, 2.75) is 61.4 Å². The molecular weight excluding hydrogens is 632 g/mol. The van der Waals surface area contributed by atoms with E-state index in [4.69, 9.17) is 37.6 Å². The molecule has 2 aliphatic heterocycles. The SMILES string of the molecule is COc1ccc(-c2cc(=O)c3c(O[C@@H]4O[C@H](CO[C@@H]5O[C@H](CO)[C@@H](O)[C@H](O)[C@H]5O)[C@@H](O)[C@H](O)[C@H]4O)c(OC)c(O)c(OC)c3o2)cc1. The molecule has 0 saturated carbocycles. The lowest BCUT2D eigenvalue weighted by atomic mass is 9.98. The summed E-state index contributed by atoms with van der Waals surface area (Å²) in [5.41, 5.74) is -0.459. The molecule has 47 heavy (non-hydrogen) atoms. The molecule has 17 heteroatoms. The Labute approximate surface area is 266 Å². The van der Waals surface area contributed by atoms with Crippen LogP contribution in [0.3, 0.4) is 0 Å². The predicted molar refractivity (Wildman–Crippen MR) is 156 cm³/mol. The Morgan fingerprint density at radius 1 is 0.723 bits per heavy atom. The van der Waals surface area contributed by atoms with Crippen LogP contribution in [0.4, 0.5) is 0 Å². The molecule has 0 amide bonds. The Hall–Kier alpha value is -3.75. The standard InChI is InChI=1S/C30H36O17/c1-40-12-6-4-11(5-7-12)14-8-13(32)17-25(44-14)27(41-2)24(39)28(42-3)26(17)47-30-23(38)21(36)19(34)16(46-30)10-43-29-22(37)20(35)18(33)15(9-31)45-29/h4-8,15-16,18-23,29-31,33-39H,9-10H2,1-3H3/t15-,16-,18-,19-,20+,21+,22-,23-,29-,30+/m1/s1. The molecule has 8 N–H and O–H groups in total. The summed E-state index contributed by atoms with van der Waals surface area (Å²) in [6.45, 7) is -1.35. The third-order valence-corrected chi connectivity index (χ3v) is 7.98. The number of benzene rings is 2. The smallest absolute Gasteiger partial charge is 0.229 e. The van der Waals surface area contributed by atoms with E-state index >= 15 is 0 Å². The fourth-order valence-electron chi connectivity index (χ4n) is 5.35. The van der Waals surface area contributed by atoms with Crippen molar-refractivity contribution >= 4 is 11.0 Å². The Kier molecular flexibility index (Phi) is 10.4. The molecule has 3 heterocycles. The predicted octanol–water partition coefficient (Wildman–Crippen LogP) is -1.81. The first-order valence-corrected chi connectivity index (χ1v) is 14.3. The number of fused-ring (bicyclic) bond motifs is 1. The number of aliphatic hydroxyl groups is 7. The van der Waals surface area contributed by atoms with E-state index in [1.807, 2.05) is 0 Å². The lowest BCUT2D eigenvalue weighted by Crippen LogP contribution is -2.62. The molecular formula is C30H36O17. The zero-order valence-corrected chi connectivity index (χ0v) is 25.3. The maximum absolute atomic E-state index is 13.6. The molecule has 258 valence electrons. The molecule has 5 rings (SSSR count). The Morgan fingerprint density at radius 3 is 1.91 bits per heavy atom. The number of methoxy groups -OCH3 is 3. The van der Waals surface area contributed by atoms with Crippen LogP contribution in [0.5, 0.6) is 28.7 Å². The van der Waals surface area contributed by atoms with Crippen molar-refractivity contribution in [3.8, 4) is 40.1 Å². The van der Waals surface area contributed by atoms with Crippen molar-refractivity contribution in [2.75, 3.05) is 34.5 Å². The maximum atomic E-state index is 13.6. The number of aliphatic hydroxyl groups excluding tert-OH is 7. The van der Waals surface area contributed by atoms with Gasteiger partial charge >= 0.3 is 0 Å². The van der Waals surface area contributed by atoms with Crippen LogP contribution in [-0.4, -0.2) is 137 Å². The van der Waals surface area contributed by atoms with Gasteiger partial charge in [-0.15, -0.1) is 0 Å². The maximum Gasteiger partial charge on any atom is 0.229 e. The van der Waals surface area contributed by atoms with E-state index in [1.165, 1.54) is 14.2 Å². The average Bonchev–Trinajstić information content (AvgIpc) is 3.07. The van der Waals surface area contributed by atoms with Crippen molar-refractivity contribution < 1.29 is 78.4 Å². The van der Waals surface area contributed by atoms with Gasteiger partial charge in [0.25, 0.3) is 0 Å². The van der Waals surface area contributed by atoms with Gasteiger partial charge in [0.05, 0.1) is 34.5 Å². The molecule has 10 atom stereocenters. The van der Waals surface area contributed by atoms with Gasteiger partial charge in [0.15, 0.2) is 23.1 Å². The van der Waals surface area contributed by atoms with E-state index in [-0.39, 0.29) is 22.5 Å². The topological polar surface area (TPSA) is 257 Å². The Morgan fingerprint density at radius 2 is 1.32 bits per heavy atom.